The largest absolute Gasteiger partial charge is 0.476 e. The first kappa shape index (κ1) is 13.4. The molecule has 0 aromatic carbocycles. The van der Waals surface area contributed by atoms with Crippen LogP contribution in [0.15, 0.2) is 0 Å². The zero-order valence-electron chi connectivity index (χ0n) is 8.18. The fraction of sp³-hybridized carbons (Fsp3) is 0.500. The summed E-state index contributed by atoms with van der Waals surface area (Å²) in [7, 11) is 0. The normalized spacial score (nSPS) is 13.7. The summed E-state index contributed by atoms with van der Waals surface area (Å²) in [6, 6.07) is 0. The maximum Gasteiger partial charge on any atom is 0.420 e. The number of aromatic carboxylic acids is 1. The molecule has 0 saturated carbocycles. The van der Waals surface area contributed by atoms with E-state index in [1.54, 1.807) is 5.10 Å². The van der Waals surface area contributed by atoms with Crippen molar-refractivity contribution in [2.24, 2.45) is 0 Å². The highest BCUT2D eigenvalue weighted by Gasteiger charge is 2.41. The van der Waals surface area contributed by atoms with Gasteiger partial charge in [0.25, 0.3) is 0 Å². The molecule has 0 fully saturated rings. The Kier molecular flexibility index (Phi) is 3.69. The van der Waals surface area contributed by atoms with E-state index in [9.17, 15) is 26.7 Å². The molecular formula is C8H7F5N2O2. The van der Waals surface area contributed by atoms with Gasteiger partial charge in [-0.15, -0.1) is 0 Å². The molecule has 1 atom stereocenters. The summed E-state index contributed by atoms with van der Waals surface area (Å²) in [5.41, 5.74) is -3.60. The van der Waals surface area contributed by atoms with Crippen LogP contribution in [0.1, 0.15) is 21.7 Å². The number of H-pyrrole nitrogens is 1. The second-order valence-electron chi connectivity index (χ2n) is 3.18. The second-order valence-corrected chi connectivity index (χ2v) is 3.18. The summed E-state index contributed by atoms with van der Waals surface area (Å²) in [5.74, 6) is -1.89. The van der Waals surface area contributed by atoms with Crippen molar-refractivity contribution in [2.45, 2.75) is 18.8 Å². The van der Waals surface area contributed by atoms with Crippen molar-refractivity contribution in [3.63, 3.8) is 0 Å². The fourth-order valence-electron chi connectivity index (χ4n) is 1.26. The molecule has 0 aliphatic heterocycles. The van der Waals surface area contributed by atoms with Crippen LogP contribution in [0.3, 0.4) is 0 Å². The van der Waals surface area contributed by atoms with Gasteiger partial charge in [-0.3, -0.25) is 5.10 Å². The van der Waals surface area contributed by atoms with Crippen LogP contribution < -0.4 is 0 Å². The molecule has 0 saturated heterocycles. The van der Waals surface area contributed by atoms with Crippen LogP contribution in [-0.4, -0.2) is 34.1 Å². The minimum atomic E-state index is -4.99. The molecule has 9 heteroatoms. The van der Waals surface area contributed by atoms with E-state index in [-0.39, 0.29) is 0 Å². The van der Waals surface area contributed by atoms with Crippen LogP contribution >= 0.6 is 0 Å². The van der Waals surface area contributed by atoms with E-state index in [2.05, 4.69) is 5.10 Å². The van der Waals surface area contributed by atoms with Gasteiger partial charge in [-0.2, -0.15) is 18.3 Å². The third-order valence-electron chi connectivity index (χ3n) is 1.92. The predicted molar refractivity (Wildman–Crippen MR) is 45.1 cm³/mol. The monoisotopic (exact) mass is 258 g/mol. The molecule has 2 N–H and O–H groups in total. The number of alkyl halides is 5. The van der Waals surface area contributed by atoms with E-state index >= 15 is 0 Å². The molecule has 1 aromatic heterocycles. The Morgan fingerprint density at radius 2 is 2.06 bits per heavy atom. The van der Waals surface area contributed by atoms with Crippen molar-refractivity contribution in [3.8, 4) is 0 Å². The van der Waals surface area contributed by atoms with Crippen LogP contribution in [0.4, 0.5) is 22.0 Å². The summed E-state index contributed by atoms with van der Waals surface area (Å²) in [4.78, 5) is 10.5. The van der Waals surface area contributed by atoms with E-state index in [0.717, 1.165) is 0 Å². The van der Waals surface area contributed by atoms with Gasteiger partial charge in [0.15, 0.2) is 5.69 Å². The molecule has 0 bridgehead atoms. The van der Waals surface area contributed by atoms with Crippen LogP contribution in [0.25, 0.3) is 0 Å². The van der Waals surface area contributed by atoms with E-state index in [0.29, 0.717) is 0 Å². The number of hydrogen-bond donors (Lipinski definition) is 2. The second kappa shape index (κ2) is 4.68. The maximum atomic E-state index is 12.7. The highest BCUT2D eigenvalue weighted by Crippen LogP contribution is 2.34. The van der Waals surface area contributed by atoms with E-state index in [1.807, 2.05) is 0 Å². The SMILES string of the molecule is O=C(O)c1n[nH]c(CC(F)CF)c1C(F)(F)F. The van der Waals surface area contributed by atoms with E-state index in [4.69, 9.17) is 5.11 Å². The van der Waals surface area contributed by atoms with E-state index in [1.165, 1.54) is 0 Å². The van der Waals surface area contributed by atoms with Gasteiger partial charge in [-0.25, -0.2) is 13.6 Å². The Labute approximate surface area is 91.4 Å². The summed E-state index contributed by atoms with van der Waals surface area (Å²) in [6.45, 7) is -1.46. The third-order valence-corrected chi connectivity index (χ3v) is 1.92. The van der Waals surface area contributed by atoms with Crippen LogP contribution in [0.2, 0.25) is 0 Å². The molecule has 17 heavy (non-hydrogen) atoms. The Morgan fingerprint density at radius 1 is 1.47 bits per heavy atom. The first-order valence-electron chi connectivity index (χ1n) is 4.35. The number of carbonyl (C=O) groups is 1. The first-order chi connectivity index (χ1) is 7.77. The molecule has 4 nitrogen and oxygen atoms in total. The summed E-state index contributed by atoms with van der Waals surface area (Å²) in [6.07, 6.45) is -8.05. The number of rotatable bonds is 4. The third kappa shape index (κ3) is 2.92. The van der Waals surface area contributed by atoms with Gasteiger partial charge in [0.1, 0.15) is 18.4 Å². The quantitative estimate of drug-likeness (QED) is 0.811. The van der Waals surface area contributed by atoms with Crippen molar-refractivity contribution < 1.29 is 31.9 Å². The molecule has 0 radical (unpaired) electrons. The zero-order valence-corrected chi connectivity index (χ0v) is 8.18. The van der Waals surface area contributed by atoms with Crippen molar-refractivity contribution in [1.29, 1.82) is 0 Å². The fourth-order valence-corrected chi connectivity index (χ4v) is 1.26. The average molecular weight is 258 g/mol. The first-order valence-corrected chi connectivity index (χ1v) is 4.35. The highest BCUT2D eigenvalue weighted by atomic mass is 19.4. The Bertz CT molecular complexity index is 415. The van der Waals surface area contributed by atoms with Crippen molar-refractivity contribution in [3.05, 3.63) is 17.0 Å². The summed E-state index contributed by atoms with van der Waals surface area (Å²) in [5, 5.41) is 13.2. The Hall–Kier alpha value is -1.67. The van der Waals surface area contributed by atoms with Gasteiger partial charge in [-0.05, 0) is 0 Å². The zero-order chi connectivity index (χ0) is 13.2. The number of nitrogens with zero attached hydrogens (tertiary/aromatic N) is 1. The molecule has 1 unspecified atom stereocenters. The standard InChI is InChI=1S/C8H7F5N2O2/c9-2-3(10)1-4-5(8(11,12)13)6(7(16)17)15-14-4/h3H,1-2H2,(H,14,15)(H,16,17). The van der Waals surface area contributed by atoms with E-state index < -0.39 is 48.4 Å². The number of aromatic amines is 1. The lowest BCUT2D eigenvalue weighted by Gasteiger charge is -2.09. The smallest absolute Gasteiger partial charge is 0.420 e. The molecule has 0 spiro atoms. The molecule has 96 valence electrons. The van der Waals surface area contributed by atoms with Gasteiger partial charge in [0.05, 0.1) is 5.69 Å². The van der Waals surface area contributed by atoms with Gasteiger partial charge in [0.2, 0.25) is 0 Å². The van der Waals surface area contributed by atoms with Gasteiger partial charge < -0.3 is 5.11 Å². The number of hydrogen-bond acceptors (Lipinski definition) is 2. The molecule has 0 aliphatic carbocycles. The minimum absolute atomic E-state index is 0.778. The number of aromatic nitrogens is 2. The minimum Gasteiger partial charge on any atom is -0.476 e. The van der Waals surface area contributed by atoms with Crippen LogP contribution in [0.5, 0.6) is 0 Å². The van der Waals surface area contributed by atoms with Crippen molar-refractivity contribution in [1.82, 2.24) is 10.2 Å². The molecule has 1 rings (SSSR count). The number of carboxylic acid groups (broad SMARTS) is 1. The number of carboxylic acids is 1. The van der Waals surface area contributed by atoms with Gasteiger partial charge in [-0.1, -0.05) is 0 Å². The molecule has 0 aliphatic rings. The lowest BCUT2D eigenvalue weighted by molar-refractivity contribution is -0.138. The lowest BCUT2D eigenvalue weighted by atomic mass is 10.1. The Morgan fingerprint density at radius 3 is 2.47 bits per heavy atom. The lowest BCUT2D eigenvalue weighted by Crippen LogP contribution is -2.16. The van der Waals surface area contributed by atoms with Crippen LogP contribution in [-0.2, 0) is 12.6 Å². The molecular weight excluding hydrogens is 251 g/mol. The van der Waals surface area contributed by atoms with Gasteiger partial charge >= 0.3 is 12.1 Å². The summed E-state index contributed by atoms with van der Waals surface area (Å²) >= 11 is 0. The van der Waals surface area contributed by atoms with Crippen molar-refractivity contribution in [2.75, 3.05) is 6.67 Å². The average Bonchev–Trinajstić information content (AvgIpc) is 2.60. The molecule has 1 heterocycles. The summed E-state index contributed by atoms with van der Waals surface area (Å²) < 4.78 is 62.1. The molecule has 1 aromatic rings. The molecule has 0 amide bonds. The number of nitrogens with one attached hydrogen (secondary N) is 1. The Balaban J connectivity index is 3.19. The topological polar surface area (TPSA) is 66.0 Å². The van der Waals surface area contributed by atoms with Gasteiger partial charge in [0, 0.05) is 6.42 Å². The van der Waals surface area contributed by atoms with Crippen molar-refractivity contribution >= 4 is 5.97 Å². The maximum absolute atomic E-state index is 12.7. The number of halogens is 5. The predicted octanol–water partition coefficient (Wildman–Crippen LogP) is 1.98. The van der Waals surface area contributed by atoms with Crippen LogP contribution in [0, 0.1) is 0 Å². The highest BCUT2D eigenvalue weighted by molar-refractivity contribution is 5.87.